The minimum Gasteiger partial charge on any atom is -0.478 e. The molecule has 0 bridgehead atoms. The predicted octanol–water partition coefficient (Wildman–Crippen LogP) is 2.37. The van der Waals surface area contributed by atoms with Gasteiger partial charge in [0.05, 0.1) is 11.7 Å². The lowest BCUT2D eigenvalue weighted by Crippen LogP contribution is -2.47. The first-order valence-corrected chi connectivity index (χ1v) is 7.21. The van der Waals surface area contributed by atoms with Gasteiger partial charge >= 0.3 is 5.97 Å². The zero-order valence-corrected chi connectivity index (χ0v) is 12.1. The Morgan fingerprint density at radius 3 is 2.90 bits per heavy atom. The van der Waals surface area contributed by atoms with E-state index < -0.39 is 5.97 Å². The number of likely N-dealkylation sites (tertiary alicyclic amines) is 1. The van der Waals surface area contributed by atoms with Crippen LogP contribution in [-0.4, -0.2) is 39.8 Å². The molecule has 1 aromatic carbocycles. The number of aliphatic hydroxyl groups is 1. The number of carboxylic acids is 1. The van der Waals surface area contributed by atoms with E-state index in [9.17, 15) is 9.90 Å². The van der Waals surface area contributed by atoms with E-state index in [1.165, 1.54) is 0 Å². The third kappa shape index (κ3) is 3.58. The molecule has 110 valence electrons. The van der Waals surface area contributed by atoms with Crippen LogP contribution in [-0.2, 0) is 6.54 Å². The van der Waals surface area contributed by atoms with Gasteiger partial charge in [0.2, 0.25) is 0 Å². The van der Waals surface area contributed by atoms with E-state index >= 15 is 0 Å². The van der Waals surface area contributed by atoms with Gasteiger partial charge in [-0.15, -0.1) is 0 Å². The van der Waals surface area contributed by atoms with Crippen LogP contribution in [0.15, 0.2) is 24.3 Å². The molecule has 20 heavy (non-hydrogen) atoms. The number of aliphatic hydroxyl groups excluding tert-OH is 1. The number of nitrogens with zero attached hydrogens (tertiary/aromatic N) is 1. The van der Waals surface area contributed by atoms with Crippen molar-refractivity contribution in [1.29, 1.82) is 0 Å². The Morgan fingerprint density at radius 2 is 2.25 bits per heavy atom. The van der Waals surface area contributed by atoms with E-state index in [0.717, 1.165) is 24.9 Å². The van der Waals surface area contributed by atoms with Gasteiger partial charge < -0.3 is 10.2 Å². The largest absolute Gasteiger partial charge is 0.478 e. The van der Waals surface area contributed by atoms with Crippen molar-refractivity contribution in [2.75, 3.05) is 6.54 Å². The molecule has 1 heterocycles. The first-order chi connectivity index (χ1) is 9.47. The van der Waals surface area contributed by atoms with E-state index in [2.05, 4.69) is 11.8 Å². The summed E-state index contributed by atoms with van der Waals surface area (Å²) in [5, 5.41) is 19.0. The Balaban J connectivity index is 2.11. The van der Waals surface area contributed by atoms with E-state index in [1.807, 2.05) is 13.0 Å². The molecule has 0 spiro atoms. The lowest BCUT2D eigenvalue weighted by molar-refractivity contribution is 0.0163. The molecular weight excluding hydrogens is 254 g/mol. The Labute approximate surface area is 120 Å². The molecule has 0 aromatic heterocycles. The van der Waals surface area contributed by atoms with Crippen LogP contribution in [0.4, 0.5) is 0 Å². The van der Waals surface area contributed by atoms with Gasteiger partial charge in [0.25, 0.3) is 0 Å². The highest BCUT2D eigenvalue weighted by Gasteiger charge is 2.29. The summed E-state index contributed by atoms with van der Waals surface area (Å²) in [5.41, 5.74) is 1.31. The summed E-state index contributed by atoms with van der Waals surface area (Å²) in [6, 6.07) is 7.22. The molecule has 4 nitrogen and oxygen atoms in total. The van der Waals surface area contributed by atoms with Crippen molar-refractivity contribution < 1.29 is 15.0 Å². The molecule has 1 aliphatic heterocycles. The van der Waals surface area contributed by atoms with Crippen LogP contribution in [0, 0.1) is 5.92 Å². The van der Waals surface area contributed by atoms with Gasteiger partial charge in [-0.25, -0.2) is 4.79 Å². The minimum absolute atomic E-state index is 0.159. The second-order valence-electron chi connectivity index (χ2n) is 5.91. The number of hydrogen-bond donors (Lipinski definition) is 2. The SMILES string of the molecule is CC1CCN(Cc2cccc(C(=O)O)c2)C(C(C)O)C1. The molecule has 3 atom stereocenters. The molecular formula is C16H23NO3. The molecule has 0 aliphatic carbocycles. The maximum atomic E-state index is 11.0. The molecule has 0 amide bonds. The molecule has 1 fully saturated rings. The van der Waals surface area contributed by atoms with Gasteiger partial charge in [0.15, 0.2) is 0 Å². The maximum Gasteiger partial charge on any atom is 0.335 e. The molecule has 4 heteroatoms. The van der Waals surface area contributed by atoms with Crippen molar-refractivity contribution in [2.45, 2.75) is 45.4 Å². The van der Waals surface area contributed by atoms with E-state index in [0.29, 0.717) is 18.0 Å². The first kappa shape index (κ1) is 15.0. The number of benzene rings is 1. The number of carbonyl (C=O) groups is 1. The second-order valence-corrected chi connectivity index (χ2v) is 5.91. The number of rotatable bonds is 4. The molecule has 3 unspecified atom stereocenters. The highest BCUT2D eigenvalue weighted by Crippen LogP contribution is 2.26. The highest BCUT2D eigenvalue weighted by molar-refractivity contribution is 5.87. The Bertz CT molecular complexity index is 473. The van der Waals surface area contributed by atoms with Gasteiger partial charge in [-0.05, 0) is 49.9 Å². The summed E-state index contributed by atoms with van der Waals surface area (Å²) < 4.78 is 0. The standard InChI is InChI=1S/C16H23NO3/c1-11-6-7-17(15(8-11)12(2)18)10-13-4-3-5-14(9-13)16(19)20/h3-5,9,11-12,15,18H,6-8,10H2,1-2H3,(H,19,20). The lowest BCUT2D eigenvalue weighted by Gasteiger charge is -2.40. The summed E-state index contributed by atoms with van der Waals surface area (Å²) in [6.45, 7) is 5.71. The van der Waals surface area contributed by atoms with E-state index in [1.54, 1.807) is 18.2 Å². The monoisotopic (exact) mass is 277 g/mol. The van der Waals surface area contributed by atoms with Crippen molar-refractivity contribution in [2.24, 2.45) is 5.92 Å². The summed E-state index contributed by atoms with van der Waals surface area (Å²) >= 11 is 0. The second kappa shape index (κ2) is 6.37. The zero-order valence-electron chi connectivity index (χ0n) is 12.1. The number of aromatic carboxylic acids is 1. The molecule has 1 aliphatic rings. The molecule has 2 rings (SSSR count). The van der Waals surface area contributed by atoms with Crippen molar-refractivity contribution in [3.63, 3.8) is 0 Å². The van der Waals surface area contributed by atoms with Gasteiger partial charge in [-0.1, -0.05) is 19.1 Å². The van der Waals surface area contributed by atoms with Crippen molar-refractivity contribution in [3.8, 4) is 0 Å². The Hall–Kier alpha value is -1.39. The minimum atomic E-state index is -0.897. The predicted molar refractivity (Wildman–Crippen MR) is 77.7 cm³/mol. The van der Waals surface area contributed by atoms with Crippen LogP contribution < -0.4 is 0 Å². The molecule has 1 aromatic rings. The van der Waals surface area contributed by atoms with Crippen molar-refractivity contribution in [3.05, 3.63) is 35.4 Å². The van der Waals surface area contributed by atoms with Crippen LogP contribution in [0.5, 0.6) is 0 Å². The Morgan fingerprint density at radius 1 is 1.50 bits per heavy atom. The fourth-order valence-corrected chi connectivity index (χ4v) is 2.97. The molecule has 0 saturated carbocycles. The number of hydrogen-bond acceptors (Lipinski definition) is 3. The summed E-state index contributed by atoms with van der Waals surface area (Å²) in [7, 11) is 0. The summed E-state index contributed by atoms with van der Waals surface area (Å²) in [4.78, 5) is 13.3. The highest BCUT2D eigenvalue weighted by atomic mass is 16.4. The zero-order chi connectivity index (χ0) is 14.7. The topological polar surface area (TPSA) is 60.8 Å². The van der Waals surface area contributed by atoms with Crippen LogP contribution in [0.25, 0.3) is 0 Å². The van der Waals surface area contributed by atoms with Crippen LogP contribution >= 0.6 is 0 Å². The van der Waals surface area contributed by atoms with Crippen LogP contribution in [0.2, 0.25) is 0 Å². The maximum absolute atomic E-state index is 11.0. The third-order valence-corrected chi connectivity index (χ3v) is 4.14. The molecule has 1 saturated heterocycles. The van der Waals surface area contributed by atoms with Crippen molar-refractivity contribution >= 4 is 5.97 Å². The fraction of sp³-hybridized carbons (Fsp3) is 0.562. The quantitative estimate of drug-likeness (QED) is 0.887. The van der Waals surface area contributed by atoms with E-state index in [4.69, 9.17) is 5.11 Å². The fourth-order valence-electron chi connectivity index (χ4n) is 2.97. The van der Waals surface area contributed by atoms with Crippen LogP contribution in [0.1, 0.15) is 42.6 Å². The van der Waals surface area contributed by atoms with Crippen molar-refractivity contribution in [1.82, 2.24) is 4.90 Å². The lowest BCUT2D eigenvalue weighted by atomic mass is 9.89. The van der Waals surface area contributed by atoms with E-state index in [-0.39, 0.29) is 12.1 Å². The first-order valence-electron chi connectivity index (χ1n) is 7.21. The smallest absolute Gasteiger partial charge is 0.335 e. The van der Waals surface area contributed by atoms with Gasteiger partial charge in [-0.2, -0.15) is 0 Å². The summed E-state index contributed by atoms with van der Waals surface area (Å²) in [6.07, 6.45) is 1.76. The Kier molecular flexibility index (Phi) is 4.78. The number of piperidine rings is 1. The van der Waals surface area contributed by atoms with Crippen LogP contribution in [0.3, 0.4) is 0 Å². The van der Waals surface area contributed by atoms with Gasteiger partial charge in [-0.3, -0.25) is 4.90 Å². The average Bonchev–Trinajstić information content (AvgIpc) is 2.41. The summed E-state index contributed by atoms with van der Waals surface area (Å²) in [5.74, 6) is -0.262. The van der Waals surface area contributed by atoms with Gasteiger partial charge in [0, 0.05) is 12.6 Å². The average molecular weight is 277 g/mol. The molecule has 0 radical (unpaired) electrons. The normalized spacial score (nSPS) is 25.4. The third-order valence-electron chi connectivity index (χ3n) is 4.14. The molecule has 2 N–H and O–H groups in total. The number of carboxylic acid groups (broad SMARTS) is 1. The van der Waals surface area contributed by atoms with Gasteiger partial charge in [0.1, 0.15) is 0 Å².